The number of likely N-dealkylation sites (tertiary alicyclic amines) is 1. The predicted molar refractivity (Wildman–Crippen MR) is 78.3 cm³/mol. The zero-order valence-electron chi connectivity index (χ0n) is 13.5. The second-order valence-corrected chi connectivity index (χ2v) is 7.81. The van der Waals surface area contributed by atoms with Gasteiger partial charge in [0.15, 0.2) is 0 Å². The summed E-state index contributed by atoms with van der Waals surface area (Å²) in [5.41, 5.74) is -0.537. The molecule has 0 saturated carbocycles. The molecular formula is C15H27N3O2. The largest absolute Gasteiger partial charge is 0.310 e. The quantitative estimate of drug-likeness (QED) is 0.673. The molecule has 20 heavy (non-hydrogen) atoms. The van der Waals surface area contributed by atoms with Crippen molar-refractivity contribution in [2.45, 2.75) is 71.1 Å². The molecule has 2 amide bonds. The number of nitrogens with zero attached hydrogens (tertiary/aromatic N) is 2. The standard InChI is InChI=1S/C15H27N3O2/c1-14(2,3)17-8-7-16-10-9-11(19)18(15(4,5)6)13(20)12(10)17/h10,12,16H,7-9H2,1-6H3. The van der Waals surface area contributed by atoms with Crippen LogP contribution in [-0.4, -0.2) is 57.9 Å². The molecule has 0 bridgehead atoms. The molecule has 0 aromatic rings. The van der Waals surface area contributed by atoms with Crippen LogP contribution in [0, 0.1) is 0 Å². The Kier molecular flexibility index (Phi) is 3.71. The van der Waals surface area contributed by atoms with Crippen LogP contribution in [0.3, 0.4) is 0 Å². The van der Waals surface area contributed by atoms with Gasteiger partial charge in [-0.15, -0.1) is 0 Å². The van der Waals surface area contributed by atoms with Gasteiger partial charge in [0.2, 0.25) is 11.8 Å². The van der Waals surface area contributed by atoms with Crippen LogP contribution in [0.4, 0.5) is 0 Å². The number of carbonyl (C=O) groups is 2. The van der Waals surface area contributed by atoms with Crippen LogP contribution in [0.25, 0.3) is 0 Å². The first-order valence-electron chi connectivity index (χ1n) is 7.40. The molecular weight excluding hydrogens is 254 g/mol. The highest BCUT2D eigenvalue weighted by Crippen LogP contribution is 2.30. The van der Waals surface area contributed by atoms with Gasteiger partial charge in [-0.25, -0.2) is 0 Å². The van der Waals surface area contributed by atoms with Gasteiger partial charge in [-0.05, 0) is 41.5 Å². The molecule has 1 N–H and O–H groups in total. The maximum absolute atomic E-state index is 12.9. The summed E-state index contributed by atoms with van der Waals surface area (Å²) in [7, 11) is 0. The molecule has 2 aliphatic heterocycles. The molecule has 2 unspecified atom stereocenters. The number of carbonyl (C=O) groups excluding carboxylic acids is 2. The Hall–Kier alpha value is -0.940. The summed E-state index contributed by atoms with van der Waals surface area (Å²) in [6, 6.07) is -0.290. The van der Waals surface area contributed by atoms with Crippen molar-refractivity contribution in [3.63, 3.8) is 0 Å². The molecule has 2 heterocycles. The van der Waals surface area contributed by atoms with Gasteiger partial charge in [0.25, 0.3) is 0 Å². The van der Waals surface area contributed by atoms with Crippen molar-refractivity contribution >= 4 is 11.8 Å². The van der Waals surface area contributed by atoms with E-state index < -0.39 is 5.54 Å². The third-order valence-corrected chi connectivity index (χ3v) is 4.13. The lowest BCUT2D eigenvalue weighted by atomic mass is 9.87. The van der Waals surface area contributed by atoms with E-state index in [9.17, 15) is 9.59 Å². The van der Waals surface area contributed by atoms with Gasteiger partial charge in [-0.3, -0.25) is 19.4 Å². The van der Waals surface area contributed by atoms with Crippen LogP contribution in [0.2, 0.25) is 0 Å². The molecule has 2 fully saturated rings. The third-order valence-electron chi connectivity index (χ3n) is 4.13. The van der Waals surface area contributed by atoms with E-state index in [4.69, 9.17) is 0 Å². The minimum atomic E-state index is -0.458. The average molecular weight is 281 g/mol. The van der Waals surface area contributed by atoms with Crippen molar-refractivity contribution in [3.8, 4) is 0 Å². The molecule has 0 aromatic carbocycles. The normalized spacial score (nSPS) is 29.6. The maximum Gasteiger partial charge on any atom is 0.248 e. The number of nitrogens with one attached hydrogen (secondary N) is 1. The molecule has 0 spiro atoms. The minimum absolute atomic E-state index is 0.0541. The Morgan fingerprint density at radius 1 is 1.05 bits per heavy atom. The molecule has 5 heteroatoms. The van der Waals surface area contributed by atoms with Gasteiger partial charge in [0.05, 0.1) is 0 Å². The van der Waals surface area contributed by atoms with Crippen molar-refractivity contribution in [1.29, 1.82) is 0 Å². The zero-order chi connectivity index (χ0) is 15.3. The summed E-state index contributed by atoms with van der Waals surface area (Å²) >= 11 is 0. The third kappa shape index (κ3) is 2.61. The van der Waals surface area contributed by atoms with E-state index in [2.05, 4.69) is 31.0 Å². The fourth-order valence-corrected chi connectivity index (χ4v) is 3.32. The first kappa shape index (κ1) is 15.4. The summed E-state index contributed by atoms with van der Waals surface area (Å²) < 4.78 is 0. The Labute approximate surface area is 121 Å². The SMILES string of the molecule is CC(C)(C)N1C(=O)CC2NCCN(C(C)(C)C)C2C1=O. The van der Waals surface area contributed by atoms with Crippen molar-refractivity contribution in [2.75, 3.05) is 13.1 Å². The molecule has 2 aliphatic rings. The first-order valence-corrected chi connectivity index (χ1v) is 7.40. The molecule has 2 rings (SSSR count). The summed E-state index contributed by atoms with van der Waals surface area (Å²) in [5.74, 6) is -0.118. The van der Waals surface area contributed by atoms with Crippen LogP contribution in [0.15, 0.2) is 0 Å². The maximum atomic E-state index is 12.9. The first-order chi connectivity index (χ1) is 9.03. The van der Waals surface area contributed by atoms with Crippen LogP contribution in [0.5, 0.6) is 0 Å². The molecule has 5 nitrogen and oxygen atoms in total. The van der Waals surface area contributed by atoms with E-state index in [0.29, 0.717) is 6.42 Å². The van der Waals surface area contributed by atoms with Crippen molar-refractivity contribution < 1.29 is 9.59 Å². The molecule has 2 atom stereocenters. The monoisotopic (exact) mass is 281 g/mol. The minimum Gasteiger partial charge on any atom is -0.310 e. The van der Waals surface area contributed by atoms with E-state index >= 15 is 0 Å². The second-order valence-electron chi connectivity index (χ2n) is 7.81. The second kappa shape index (κ2) is 4.81. The molecule has 0 aromatic heterocycles. The van der Waals surface area contributed by atoms with Crippen molar-refractivity contribution in [2.24, 2.45) is 0 Å². The summed E-state index contributed by atoms with van der Waals surface area (Å²) in [6.07, 6.45) is 0.403. The molecule has 0 radical (unpaired) electrons. The van der Waals surface area contributed by atoms with E-state index in [1.807, 2.05) is 20.8 Å². The number of rotatable bonds is 0. The van der Waals surface area contributed by atoms with E-state index in [1.54, 1.807) is 0 Å². The highest BCUT2D eigenvalue weighted by molar-refractivity contribution is 6.02. The Morgan fingerprint density at radius 3 is 2.15 bits per heavy atom. The van der Waals surface area contributed by atoms with E-state index in [0.717, 1.165) is 13.1 Å². The highest BCUT2D eigenvalue weighted by Gasteiger charge is 2.50. The van der Waals surface area contributed by atoms with Gasteiger partial charge in [-0.1, -0.05) is 0 Å². The lowest BCUT2D eigenvalue weighted by Crippen LogP contribution is -2.73. The van der Waals surface area contributed by atoms with Crippen LogP contribution in [0.1, 0.15) is 48.0 Å². The fourth-order valence-electron chi connectivity index (χ4n) is 3.32. The molecule has 114 valence electrons. The van der Waals surface area contributed by atoms with Gasteiger partial charge in [0, 0.05) is 36.6 Å². The average Bonchev–Trinajstić information content (AvgIpc) is 2.24. The predicted octanol–water partition coefficient (Wildman–Crippen LogP) is 0.985. The topological polar surface area (TPSA) is 52.7 Å². The Balaban J connectivity index is 2.36. The number of amides is 2. The van der Waals surface area contributed by atoms with Gasteiger partial charge >= 0.3 is 0 Å². The van der Waals surface area contributed by atoms with Gasteiger partial charge < -0.3 is 5.32 Å². The number of piperazine rings is 1. The lowest BCUT2D eigenvalue weighted by Gasteiger charge is -2.52. The summed E-state index contributed by atoms with van der Waals surface area (Å²) in [5, 5.41) is 3.35. The highest BCUT2D eigenvalue weighted by atomic mass is 16.2. The number of fused-ring (bicyclic) bond motifs is 1. The molecule has 2 saturated heterocycles. The Bertz CT molecular complexity index is 420. The van der Waals surface area contributed by atoms with Gasteiger partial charge in [0.1, 0.15) is 6.04 Å². The van der Waals surface area contributed by atoms with Crippen molar-refractivity contribution in [3.05, 3.63) is 0 Å². The summed E-state index contributed by atoms with van der Waals surface area (Å²) in [6.45, 7) is 13.8. The number of hydrogen-bond acceptors (Lipinski definition) is 4. The number of piperidine rings is 1. The van der Waals surface area contributed by atoms with Crippen LogP contribution >= 0.6 is 0 Å². The number of hydrogen-bond donors (Lipinski definition) is 1. The number of imide groups is 1. The lowest BCUT2D eigenvalue weighted by molar-refractivity contribution is -0.164. The fraction of sp³-hybridized carbons (Fsp3) is 0.867. The van der Waals surface area contributed by atoms with Crippen LogP contribution < -0.4 is 5.32 Å². The molecule has 0 aliphatic carbocycles. The van der Waals surface area contributed by atoms with Crippen molar-refractivity contribution in [1.82, 2.24) is 15.1 Å². The van der Waals surface area contributed by atoms with Gasteiger partial charge in [-0.2, -0.15) is 0 Å². The smallest absolute Gasteiger partial charge is 0.248 e. The van der Waals surface area contributed by atoms with E-state index in [1.165, 1.54) is 4.90 Å². The van der Waals surface area contributed by atoms with E-state index in [-0.39, 0.29) is 29.4 Å². The van der Waals surface area contributed by atoms with Crippen LogP contribution in [-0.2, 0) is 9.59 Å². The Morgan fingerprint density at radius 2 is 1.65 bits per heavy atom. The summed E-state index contributed by atoms with van der Waals surface area (Å²) in [4.78, 5) is 28.9. The zero-order valence-corrected chi connectivity index (χ0v) is 13.5.